The maximum atomic E-state index is 12.6. The number of unbranched alkanes of at least 4 members (excludes halogenated alkanes) is 2. The van der Waals surface area contributed by atoms with Gasteiger partial charge in [0.25, 0.3) is 5.56 Å². The Morgan fingerprint density at radius 2 is 2.05 bits per heavy atom. The fraction of sp³-hybridized carbons (Fsp3) is 0.500. The van der Waals surface area contributed by atoms with Crippen LogP contribution in [0.25, 0.3) is 10.9 Å². The Hall–Kier alpha value is -1.00. The number of benzene rings is 1. The average molecular weight is 325 g/mol. The third-order valence-electron chi connectivity index (χ3n) is 3.48. The molecule has 21 heavy (non-hydrogen) atoms. The lowest BCUT2D eigenvalue weighted by atomic mass is 10.2. The molecule has 0 saturated carbocycles. The second-order valence-corrected chi connectivity index (χ2v) is 6.75. The van der Waals surface area contributed by atoms with Gasteiger partial charge in [-0.05, 0) is 43.9 Å². The molecule has 0 aliphatic heterocycles. The first kappa shape index (κ1) is 16.4. The lowest BCUT2D eigenvalue weighted by Gasteiger charge is -2.14. The predicted molar refractivity (Wildman–Crippen MR) is 92.5 cm³/mol. The minimum Gasteiger partial charge on any atom is -0.295 e. The molecule has 1 unspecified atom stereocenters. The molecule has 1 atom stereocenters. The number of hydrogen-bond acceptors (Lipinski definition) is 3. The zero-order valence-electron chi connectivity index (χ0n) is 12.5. The van der Waals surface area contributed by atoms with E-state index in [-0.39, 0.29) is 10.9 Å². The molecule has 0 bridgehead atoms. The van der Waals surface area contributed by atoms with Crippen LogP contribution in [0.2, 0.25) is 0 Å². The second-order valence-electron chi connectivity index (χ2n) is 5.11. The van der Waals surface area contributed by atoms with E-state index in [9.17, 15) is 4.79 Å². The summed E-state index contributed by atoms with van der Waals surface area (Å²) in [6.45, 7) is 2.56. The van der Waals surface area contributed by atoms with Gasteiger partial charge in [0.15, 0.2) is 0 Å². The average Bonchev–Trinajstić information content (AvgIpc) is 2.48. The monoisotopic (exact) mass is 324 g/mol. The molecule has 0 N–H and O–H groups in total. The Morgan fingerprint density at radius 1 is 1.29 bits per heavy atom. The Bertz CT molecular complexity index is 654. The summed E-state index contributed by atoms with van der Waals surface area (Å²) in [6, 6.07) is 7.46. The van der Waals surface area contributed by atoms with E-state index in [1.807, 2.05) is 43.0 Å². The van der Waals surface area contributed by atoms with E-state index in [0.29, 0.717) is 17.8 Å². The zero-order valence-corrected chi connectivity index (χ0v) is 14.1. The number of hydrogen-bond donors (Lipinski definition) is 0. The van der Waals surface area contributed by atoms with Crippen LogP contribution in [0.4, 0.5) is 0 Å². The highest BCUT2D eigenvalue weighted by molar-refractivity contribution is 7.98. The van der Waals surface area contributed by atoms with Crippen LogP contribution < -0.4 is 5.56 Å². The molecule has 0 spiro atoms. The van der Waals surface area contributed by atoms with E-state index in [4.69, 9.17) is 11.6 Å². The SMILES string of the molecule is CSCCCCCn1c(C(C)Cl)nc2ccccc2c1=O. The smallest absolute Gasteiger partial charge is 0.261 e. The van der Waals surface area contributed by atoms with E-state index in [1.54, 1.807) is 4.57 Å². The van der Waals surface area contributed by atoms with Gasteiger partial charge in [-0.2, -0.15) is 11.8 Å². The van der Waals surface area contributed by atoms with Crippen molar-refractivity contribution in [2.24, 2.45) is 0 Å². The molecular formula is C16H21ClN2OS. The number of alkyl halides is 1. The summed E-state index contributed by atoms with van der Waals surface area (Å²) in [7, 11) is 0. The molecule has 3 nitrogen and oxygen atoms in total. The molecule has 0 radical (unpaired) electrons. The fourth-order valence-corrected chi connectivity index (χ4v) is 3.06. The van der Waals surface area contributed by atoms with Crippen molar-refractivity contribution >= 4 is 34.3 Å². The van der Waals surface area contributed by atoms with Crippen LogP contribution in [0.3, 0.4) is 0 Å². The van der Waals surface area contributed by atoms with Crippen molar-refractivity contribution < 1.29 is 0 Å². The number of para-hydroxylation sites is 1. The highest BCUT2D eigenvalue weighted by Gasteiger charge is 2.14. The Labute approximate surface area is 134 Å². The van der Waals surface area contributed by atoms with Gasteiger partial charge in [-0.1, -0.05) is 18.6 Å². The maximum Gasteiger partial charge on any atom is 0.261 e. The van der Waals surface area contributed by atoms with Crippen molar-refractivity contribution in [3.8, 4) is 0 Å². The van der Waals surface area contributed by atoms with Crippen LogP contribution in [-0.4, -0.2) is 21.6 Å². The quantitative estimate of drug-likeness (QED) is 0.564. The van der Waals surface area contributed by atoms with Crippen molar-refractivity contribution in [2.75, 3.05) is 12.0 Å². The molecule has 0 amide bonds. The molecule has 1 aromatic heterocycles. The van der Waals surface area contributed by atoms with Crippen molar-refractivity contribution in [3.05, 3.63) is 40.4 Å². The first-order valence-corrected chi connectivity index (χ1v) is 9.10. The topological polar surface area (TPSA) is 34.9 Å². The van der Waals surface area contributed by atoms with E-state index in [2.05, 4.69) is 11.2 Å². The summed E-state index contributed by atoms with van der Waals surface area (Å²) in [6.07, 6.45) is 5.40. The summed E-state index contributed by atoms with van der Waals surface area (Å²) < 4.78 is 1.75. The summed E-state index contributed by atoms with van der Waals surface area (Å²) in [5, 5.41) is 0.399. The summed E-state index contributed by atoms with van der Waals surface area (Å²) in [5.41, 5.74) is 0.747. The number of fused-ring (bicyclic) bond motifs is 1. The molecule has 1 aromatic carbocycles. The first-order valence-electron chi connectivity index (χ1n) is 7.27. The predicted octanol–water partition coefficient (Wildman–Crippen LogP) is 4.23. The maximum absolute atomic E-state index is 12.6. The number of nitrogens with zero attached hydrogens (tertiary/aromatic N) is 2. The summed E-state index contributed by atoms with van der Waals surface area (Å²) >= 11 is 8.08. The largest absolute Gasteiger partial charge is 0.295 e. The van der Waals surface area contributed by atoms with Gasteiger partial charge in [-0.3, -0.25) is 9.36 Å². The lowest BCUT2D eigenvalue weighted by molar-refractivity contribution is 0.559. The van der Waals surface area contributed by atoms with Crippen LogP contribution in [0.15, 0.2) is 29.1 Å². The van der Waals surface area contributed by atoms with Crippen molar-refractivity contribution in [2.45, 2.75) is 38.1 Å². The lowest BCUT2D eigenvalue weighted by Crippen LogP contribution is -2.26. The Morgan fingerprint density at radius 3 is 2.76 bits per heavy atom. The van der Waals surface area contributed by atoms with Gasteiger partial charge in [0.1, 0.15) is 5.82 Å². The highest BCUT2D eigenvalue weighted by atomic mass is 35.5. The minimum atomic E-state index is -0.270. The number of rotatable bonds is 7. The van der Waals surface area contributed by atoms with E-state index in [1.165, 1.54) is 12.2 Å². The van der Waals surface area contributed by atoms with Gasteiger partial charge in [0, 0.05) is 6.54 Å². The van der Waals surface area contributed by atoms with E-state index < -0.39 is 0 Å². The molecule has 2 aromatic rings. The third-order valence-corrected chi connectivity index (χ3v) is 4.37. The van der Waals surface area contributed by atoms with Gasteiger partial charge < -0.3 is 0 Å². The third kappa shape index (κ3) is 4.01. The number of thioether (sulfide) groups is 1. The Kier molecular flexibility index (Phi) is 6.12. The van der Waals surface area contributed by atoms with Crippen LogP contribution in [-0.2, 0) is 6.54 Å². The highest BCUT2D eigenvalue weighted by Crippen LogP contribution is 2.19. The standard InChI is InChI=1S/C16H21ClN2OS/c1-12(17)15-18-14-9-5-4-8-13(14)16(20)19(15)10-6-3-7-11-21-2/h4-5,8-9,12H,3,6-7,10-11H2,1-2H3. The van der Waals surface area contributed by atoms with Crippen molar-refractivity contribution in [1.82, 2.24) is 9.55 Å². The van der Waals surface area contributed by atoms with E-state index >= 15 is 0 Å². The second kappa shape index (κ2) is 7.85. The Balaban J connectivity index is 2.29. The molecule has 0 aliphatic carbocycles. The summed E-state index contributed by atoms with van der Waals surface area (Å²) in [4.78, 5) is 17.2. The van der Waals surface area contributed by atoms with Crippen LogP contribution >= 0.6 is 23.4 Å². The molecule has 0 saturated heterocycles. The minimum absolute atomic E-state index is 0.0213. The van der Waals surface area contributed by atoms with Crippen molar-refractivity contribution in [3.63, 3.8) is 0 Å². The number of halogens is 1. The summed E-state index contributed by atoms with van der Waals surface area (Å²) in [5.74, 6) is 1.84. The van der Waals surface area contributed by atoms with Gasteiger partial charge in [-0.15, -0.1) is 11.6 Å². The molecule has 2 rings (SSSR count). The molecule has 0 aliphatic rings. The van der Waals surface area contributed by atoms with Gasteiger partial charge in [0.05, 0.1) is 16.3 Å². The molecule has 5 heteroatoms. The van der Waals surface area contributed by atoms with Crippen LogP contribution in [0.1, 0.15) is 37.4 Å². The first-order chi connectivity index (χ1) is 10.1. The van der Waals surface area contributed by atoms with E-state index in [0.717, 1.165) is 18.4 Å². The fourth-order valence-electron chi connectivity index (χ4n) is 2.40. The van der Waals surface area contributed by atoms with Gasteiger partial charge in [-0.25, -0.2) is 4.98 Å². The molecule has 0 fully saturated rings. The normalized spacial score (nSPS) is 12.7. The zero-order chi connectivity index (χ0) is 15.2. The van der Waals surface area contributed by atoms with Crippen LogP contribution in [0, 0.1) is 0 Å². The van der Waals surface area contributed by atoms with Crippen molar-refractivity contribution in [1.29, 1.82) is 0 Å². The molecule has 1 heterocycles. The van der Waals surface area contributed by atoms with Gasteiger partial charge >= 0.3 is 0 Å². The van der Waals surface area contributed by atoms with Gasteiger partial charge in [0.2, 0.25) is 0 Å². The molecular weight excluding hydrogens is 304 g/mol. The molecule has 114 valence electrons. The number of aromatic nitrogens is 2. The van der Waals surface area contributed by atoms with Crippen LogP contribution in [0.5, 0.6) is 0 Å².